The first-order chi connectivity index (χ1) is 7.24. The van der Waals surface area contributed by atoms with Crippen molar-refractivity contribution in [3.05, 3.63) is 41.3 Å². The highest BCUT2D eigenvalue weighted by molar-refractivity contribution is 8.04. The molecule has 15 heavy (non-hydrogen) atoms. The fourth-order valence-electron chi connectivity index (χ4n) is 1.15. The molecule has 0 aliphatic rings. The minimum atomic E-state index is 0.150. The number of hydrogen-bond acceptors (Lipinski definition) is 2. The average Bonchev–Trinajstić information content (AvgIpc) is 2.25. The molecule has 0 aromatic heterocycles. The number of allylic oxidation sites excluding steroid dienone is 2. The van der Waals surface area contributed by atoms with Gasteiger partial charge in [0.05, 0.1) is 4.91 Å². The fraction of sp³-hybridized carbons (Fsp3) is 0.308. The average molecular weight is 220 g/mol. The van der Waals surface area contributed by atoms with Crippen molar-refractivity contribution in [3.8, 4) is 0 Å². The lowest BCUT2D eigenvalue weighted by atomic mass is 10.3. The lowest BCUT2D eigenvalue weighted by Crippen LogP contribution is -1.92. The molecule has 0 heterocycles. The van der Waals surface area contributed by atoms with Crippen LogP contribution in [0.1, 0.15) is 26.7 Å². The molecule has 0 radical (unpaired) electrons. The van der Waals surface area contributed by atoms with Gasteiger partial charge in [-0.05, 0) is 25.5 Å². The van der Waals surface area contributed by atoms with Gasteiger partial charge in [0, 0.05) is 4.90 Å². The minimum Gasteiger partial charge on any atom is -0.294 e. The summed E-state index contributed by atoms with van der Waals surface area (Å²) in [4.78, 5) is 13.3. The summed E-state index contributed by atoms with van der Waals surface area (Å²) in [5.74, 6) is 0.150. The monoisotopic (exact) mass is 220 g/mol. The van der Waals surface area contributed by atoms with E-state index in [2.05, 4.69) is 6.92 Å². The van der Waals surface area contributed by atoms with Crippen molar-refractivity contribution in [1.82, 2.24) is 0 Å². The maximum atomic E-state index is 11.4. The zero-order valence-electron chi connectivity index (χ0n) is 9.19. The van der Waals surface area contributed by atoms with Crippen LogP contribution in [-0.4, -0.2) is 5.78 Å². The second kappa shape index (κ2) is 6.46. The van der Waals surface area contributed by atoms with E-state index in [9.17, 15) is 4.79 Å². The Morgan fingerprint density at radius 2 is 2.00 bits per heavy atom. The number of unbranched alkanes of at least 4 members (excludes halogenated alkanes) is 1. The normalized spacial score (nSPS) is 11.5. The zero-order chi connectivity index (χ0) is 11.1. The second-order valence-corrected chi connectivity index (χ2v) is 4.44. The Morgan fingerprint density at radius 1 is 1.33 bits per heavy atom. The third-order valence-electron chi connectivity index (χ3n) is 1.94. The Balaban J connectivity index is 2.72. The van der Waals surface area contributed by atoms with E-state index in [1.165, 1.54) is 0 Å². The van der Waals surface area contributed by atoms with E-state index < -0.39 is 0 Å². The van der Waals surface area contributed by atoms with Crippen LogP contribution in [0.15, 0.2) is 46.2 Å². The van der Waals surface area contributed by atoms with Gasteiger partial charge < -0.3 is 0 Å². The van der Waals surface area contributed by atoms with Crippen molar-refractivity contribution in [3.63, 3.8) is 0 Å². The Kier molecular flexibility index (Phi) is 5.19. The number of Topliss-reactive ketones (excluding diaryl/α,β-unsaturated/α-hetero) is 1. The van der Waals surface area contributed by atoms with Crippen LogP contribution in [0.25, 0.3) is 0 Å². The van der Waals surface area contributed by atoms with E-state index >= 15 is 0 Å². The van der Waals surface area contributed by atoms with E-state index in [1.807, 2.05) is 36.4 Å². The van der Waals surface area contributed by atoms with Crippen LogP contribution in [0.3, 0.4) is 0 Å². The lowest BCUT2D eigenvalue weighted by Gasteiger charge is -2.03. The first-order valence-electron chi connectivity index (χ1n) is 5.18. The van der Waals surface area contributed by atoms with Gasteiger partial charge >= 0.3 is 0 Å². The van der Waals surface area contributed by atoms with Crippen LogP contribution in [0.5, 0.6) is 0 Å². The first kappa shape index (κ1) is 12.1. The number of rotatable bonds is 5. The van der Waals surface area contributed by atoms with E-state index in [0.29, 0.717) is 0 Å². The Hall–Kier alpha value is -1.02. The topological polar surface area (TPSA) is 17.1 Å². The number of hydrogen-bond donors (Lipinski definition) is 0. The molecule has 2 heteroatoms. The standard InChI is InChI=1S/C13H16OS/c1-3-4-10-13(11(2)14)15-12-8-6-5-7-9-12/h5-10H,3-4H2,1-2H3/b13-10-. The molecule has 0 amide bonds. The second-order valence-electron chi connectivity index (χ2n) is 3.33. The van der Waals surface area contributed by atoms with Crippen molar-refractivity contribution < 1.29 is 4.79 Å². The van der Waals surface area contributed by atoms with Crippen molar-refractivity contribution in [1.29, 1.82) is 0 Å². The summed E-state index contributed by atoms with van der Waals surface area (Å²) in [5, 5.41) is 0. The quantitative estimate of drug-likeness (QED) is 0.550. The van der Waals surface area contributed by atoms with Gasteiger partial charge in [0.15, 0.2) is 5.78 Å². The molecule has 1 nitrogen and oxygen atoms in total. The first-order valence-corrected chi connectivity index (χ1v) is 5.99. The van der Waals surface area contributed by atoms with Gasteiger partial charge in [-0.25, -0.2) is 0 Å². The predicted octanol–water partition coefficient (Wildman–Crippen LogP) is 4.05. The van der Waals surface area contributed by atoms with Crippen LogP contribution in [0.2, 0.25) is 0 Å². The molecule has 0 saturated carbocycles. The molecule has 1 aromatic rings. The number of benzene rings is 1. The molecule has 0 spiro atoms. The number of carbonyl (C=O) groups excluding carboxylic acids is 1. The largest absolute Gasteiger partial charge is 0.294 e. The van der Waals surface area contributed by atoms with Crippen molar-refractivity contribution in [2.45, 2.75) is 31.6 Å². The number of thioether (sulfide) groups is 1. The smallest absolute Gasteiger partial charge is 0.166 e. The van der Waals surface area contributed by atoms with Crippen molar-refractivity contribution in [2.75, 3.05) is 0 Å². The molecule has 0 bridgehead atoms. The molecule has 0 unspecified atom stereocenters. The molecule has 0 N–H and O–H groups in total. The van der Waals surface area contributed by atoms with Crippen molar-refractivity contribution >= 4 is 17.5 Å². The maximum absolute atomic E-state index is 11.4. The number of carbonyl (C=O) groups is 1. The van der Waals surface area contributed by atoms with Gasteiger partial charge in [0.2, 0.25) is 0 Å². The van der Waals surface area contributed by atoms with Crippen LogP contribution in [-0.2, 0) is 4.79 Å². The van der Waals surface area contributed by atoms with Gasteiger partial charge in [-0.3, -0.25) is 4.79 Å². The summed E-state index contributed by atoms with van der Waals surface area (Å²) in [6.45, 7) is 3.73. The van der Waals surface area contributed by atoms with Crippen LogP contribution >= 0.6 is 11.8 Å². The van der Waals surface area contributed by atoms with E-state index in [1.54, 1.807) is 18.7 Å². The highest BCUT2D eigenvalue weighted by Crippen LogP contribution is 2.27. The van der Waals surface area contributed by atoms with Gasteiger partial charge in [-0.15, -0.1) is 0 Å². The Morgan fingerprint density at radius 3 is 2.53 bits per heavy atom. The minimum absolute atomic E-state index is 0.150. The summed E-state index contributed by atoms with van der Waals surface area (Å²) in [6.07, 6.45) is 4.07. The summed E-state index contributed by atoms with van der Waals surface area (Å²) in [5.41, 5.74) is 0. The van der Waals surface area contributed by atoms with Crippen LogP contribution in [0.4, 0.5) is 0 Å². The summed E-state index contributed by atoms with van der Waals surface area (Å²) >= 11 is 1.55. The van der Waals surface area contributed by atoms with E-state index in [0.717, 1.165) is 22.6 Å². The van der Waals surface area contributed by atoms with E-state index in [4.69, 9.17) is 0 Å². The fourth-order valence-corrected chi connectivity index (χ4v) is 2.04. The highest BCUT2D eigenvalue weighted by Gasteiger charge is 2.04. The lowest BCUT2D eigenvalue weighted by molar-refractivity contribution is -0.112. The van der Waals surface area contributed by atoms with Crippen molar-refractivity contribution in [2.24, 2.45) is 0 Å². The highest BCUT2D eigenvalue weighted by atomic mass is 32.2. The molecule has 1 aromatic carbocycles. The molecule has 0 saturated heterocycles. The SMILES string of the molecule is CCC/C=C(\Sc1ccccc1)C(C)=O. The zero-order valence-corrected chi connectivity index (χ0v) is 10.0. The molecular weight excluding hydrogens is 204 g/mol. The summed E-state index contributed by atoms with van der Waals surface area (Å²) in [7, 11) is 0. The third kappa shape index (κ3) is 4.34. The predicted molar refractivity (Wildman–Crippen MR) is 66.0 cm³/mol. The van der Waals surface area contributed by atoms with Gasteiger partial charge in [0.1, 0.15) is 0 Å². The Bertz CT molecular complexity index is 341. The molecular formula is C13H16OS. The molecule has 0 fully saturated rings. The van der Waals surface area contributed by atoms with Gasteiger partial charge in [-0.1, -0.05) is 49.4 Å². The molecule has 80 valence electrons. The Labute approximate surface area is 95.6 Å². The summed E-state index contributed by atoms with van der Waals surface area (Å²) < 4.78 is 0. The van der Waals surface area contributed by atoms with Gasteiger partial charge in [0.25, 0.3) is 0 Å². The van der Waals surface area contributed by atoms with E-state index in [-0.39, 0.29) is 5.78 Å². The van der Waals surface area contributed by atoms with Crippen LogP contribution in [0, 0.1) is 0 Å². The van der Waals surface area contributed by atoms with Crippen LogP contribution < -0.4 is 0 Å². The van der Waals surface area contributed by atoms with Gasteiger partial charge in [-0.2, -0.15) is 0 Å². The molecule has 0 aliphatic heterocycles. The number of ketones is 1. The summed E-state index contributed by atoms with van der Waals surface area (Å²) in [6, 6.07) is 9.99. The molecule has 0 atom stereocenters. The molecule has 1 rings (SSSR count). The third-order valence-corrected chi connectivity index (χ3v) is 3.12. The molecule has 0 aliphatic carbocycles. The maximum Gasteiger partial charge on any atom is 0.166 e.